The molecule has 1 atom stereocenters. The van der Waals surface area contributed by atoms with Gasteiger partial charge in [0.2, 0.25) is 0 Å². The van der Waals surface area contributed by atoms with Crippen LogP contribution >= 0.6 is 0 Å². The monoisotopic (exact) mass is 447 g/mol. The Bertz CT molecular complexity index is 862. The molecule has 176 valence electrons. The first kappa shape index (κ1) is 23.7. The lowest BCUT2D eigenvalue weighted by molar-refractivity contribution is -0.139. The average Bonchev–Trinajstić information content (AvgIpc) is 3.06. The first-order valence-corrected chi connectivity index (χ1v) is 11.0. The van der Waals surface area contributed by atoms with Crippen LogP contribution in [0.1, 0.15) is 44.2 Å². The highest BCUT2D eigenvalue weighted by atomic mass is 16.5. The van der Waals surface area contributed by atoms with Crippen molar-refractivity contribution in [2.24, 2.45) is 0 Å². The summed E-state index contributed by atoms with van der Waals surface area (Å²) in [5, 5.41) is 5.71. The van der Waals surface area contributed by atoms with Crippen molar-refractivity contribution in [1.82, 2.24) is 15.5 Å². The highest BCUT2D eigenvalue weighted by molar-refractivity contribution is 5.95. The molecule has 2 N–H and O–H groups in total. The molecule has 3 rings (SSSR count). The van der Waals surface area contributed by atoms with Crippen molar-refractivity contribution in [3.63, 3.8) is 0 Å². The average molecular weight is 448 g/mol. The van der Waals surface area contributed by atoms with Crippen LogP contribution in [0.5, 0.6) is 17.2 Å². The Morgan fingerprint density at radius 2 is 1.62 bits per heavy atom. The Labute approximate surface area is 189 Å². The van der Waals surface area contributed by atoms with Gasteiger partial charge in [-0.2, -0.15) is 0 Å². The summed E-state index contributed by atoms with van der Waals surface area (Å²) in [5.41, 5.74) is 1.49. The Morgan fingerprint density at radius 1 is 1.00 bits per heavy atom. The van der Waals surface area contributed by atoms with E-state index in [1.165, 1.54) is 34.2 Å². The molecule has 0 aliphatic carbocycles. The first-order chi connectivity index (χ1) is 15.5. The predicted octanol–water partition coefficient (Wildman–Crippen LogP) is 2.76. The molecule has 1 aromatic carbocycles. The molecule has 0 bridgehead atoms. The number of nitrogens with one attached hydrogen (secondary N) is 2. The summed E-state index contributed by atoms with van der Waals surface area (Å²) in [6, 6.07) is 2.25. The van der Waals surface area contributed by atoms with Gasteiger partial charge < -0.3 is 29.6 Å². The number of nitrogens with zero attached hydrogens (tertiary/aromatic N) is 1. The molecule has 0 unspecified atom stereocenters. The second kappa shape index (κ2) is 11.1. The van der Waals surface area contributed by atoms with Gasteiger partial charge in [0.15, 0.2) is 11.5 Å². The van der Waals surface area contributed by atoms with Crippen LogP contribution in [0, 0.1) is 0 Å². The van der Waals surface area contributed by atoms with Crippen LogP contribution in [0.2, 0.25) is 0 Å². The van der Waals surface area contributed by atoms with Gasteiger partial charge in [-0.1, -0.05) is 12.8 Å². The maximum Gasteiger partial charge on any atom is 0.338 e. The first-order valence-electron chi connectivity index (χ1n) is 11.0. The molecule has 1 fully saturated rings. The van der Waals surface area contributed by atoms with Gasteiger partial charge in [-0.05, 0) is 38.9 Å². The number of hydrogen-bond acceptors (Lipinski definition) is 7. The normalized spacial score (nSPS) is 19.5. The molecule has 0 saturated carbocycles. The standard InChI is InChI=1S/C23H33N3O6/c1-5-32-22(27)20-16(14-26-10-8-6-7-9-11-26)24-23(28)25-21(20)15-12-18(30-3)19(31-4)13-17(15)29-2/h12-13,21H,5-11,14H2,1-4H3,(H2,24,25,28)/t21-/m0/s1. The fourth-order valence-electron chi connectivity index (χ4n) is 4.22. The van der Waals surface area contributed by atoms with Gasteiger partial charge >= 0.3 is 12.0 Å². The zero-order valence-electron chi connectivity index (χ0n) is 19.3. The molecular weight excluding hydrogens is 414 g/mol. The second-order valence-electron chi connectivity index (χ2n) is 7.78. The zero-order valence-corrected chi connectivity index (χ0v) is 19.3. The van der Waals surface area contributed by atoms with E-state index in [9.17, 15) is 9.59 Å². The van der Waals surface area contributed by atoms with Crippen molar-refractivity contribution in [2.75, 3.05) is 47.6 Å². The molecule has 1 saturated heterocycles. The summed E-state index contributed by atoms with van der Waals surface area (Å²) >= 11 is 0. The van der Waals surface area contributed by atoms with Crippen molar-refractivity contribution in [3.05, 3.63) is 29.0 Å². The molecular formula is C23H33N3O6. The van der Waals surface area contributed by atoms with Crippen molar-refractivity contribution in [2.45, 2.75) is 38.6 Å². The van der Waals surface area contributed by atoms with Crippen LogP contribution in [-0.4, -0.2) is 64.5 Å². The van der Waals surface area contributed by atoms with E-state index in [1.807, 2.05) is 0 Å². The molecule has 9 heteroatoms. The summed E-state index contributed by atoms with van der Waals surface area (Å²) < 4.78 is 21.8. The summed E-state index contributed by atoms with van der Waals surface area (Å²) in [4.78, 5) is 28.0. The minimum absolute atomic E-state index is 0.225. The van der Waals surface area contributed by atoms with E-state index in [4.69, 9.17) is 18.9 Å². The minimum Gasteiger partial charge on any atom is -0.496 e. The van der Waals surface area contributed by atoms with Crippen molar-refractivity contribution < 1.29 is 28.5 Å². The van der Waals surface area contributed by atoms with E-state index >= 15 is 0 Å². The molecule has 0 aromatic heterocycles. The Morgan fingerprint density at radius 3 is 2.22 bits per heavy atom. The summed E-state index contributed by atoms with van der Waals surface area (Å²) in [6.45, 7) is 4.30. The molecule has 9 nitrogen and oxygen atoms in total. The van der Waals surface area contributed by atoms with Gasteiger partial charge in [-0.25, -0.2) is 9.59 Å². The molecule has 0 spiro atoms. The number of urea groups is 1. The second-order valence-corrected chi connectivity index (χ2v) is 7.78. The number of likely N-dealkylation sites (tertiary alicyclic amines) is 1. The number of hydrogen-bond donors (Lipinski definition) is 2. The quantitative estimate of drug-likeness (QED) is 0.591. The van der Waals surface area contributed by atoms with E-state index in [0.717, 1.165) is 25.9 Å². The van der Waals surface area contributed by atoms with Crippen LogP contribution in [0.25, 0.3) is 0 Å². The lowest BCUT2D eigenvalue weighted by Crippen LogP contribution is -2.48. The molecule has 32 heavy (non-hydrogen) atoms. The summed E-state index contributed by atoms with van der Waals surface area (Å²) in [7, 11) is 4.59. The molecule has 0 radical (unpaired) electrons. The van der Waals surface area contributed by atoms with Crippen molar-refractivity contribution in [3.8, 4) is 17.2 Å². The molecule has 2 aliphatic rings. The van der Waals surface area contributed by atoms with Gasteiger partial charge in [-0.15, -0.1) is 0 Å². The topological polar surface area (TPSA) is 98.4 Å². The SMILES string of the molecule is CCOC(=O)C1=C(CN2CCCCCC2)NC(=O)N[C@H]1c1cc(OC)c(OC)cc1OC. The Balaban J connectivity index is 2.09. The molecule has 1 aromatic rings. The third-order valence-electron chi connectivity index (χ3n) is 5.78. The summed E-state index contributed by atoms with van der Waals surface area (Å²) in [5.74, 6) is 0.936. The predicted molar refractivity (Wildman–Crippen MR) is 119 cm³/mol. The number of esters is 1. The van der Waals surface area contributed by atoms with Gasteiger partial charge in [0.1, 0.15) is 5.75 Å². The Hall–Kier alpha value is -2.94. The fraction of sp³-hybridized carbons (Fsp3) is 0.565. The van der Waals surface area contributed by atoms with Crippen LogP contribution in [0.3, 0.4) is 0 Å². The number of carbonyl (C=O) groups excluding carboxylic acids is 2. The third-order valence-corrected chi connectivity index (χ3v) is 5.78. The summed E-state index contributed by atoms with van der Waals surface area (Å²) in [6.07, 6.45) is 4.58. The maximum atomic E-state index is 13.1. The molecule has 2 aliphatic heterocycles. The smallest absolute Gasteiger partial charge is 0.338 e. The molecule has 2 amide bonds. The Kier molecular flexibility index (Phi) is 8.21. The number of amides is 2. The maximum absolute atomic E-state index is 13.1. The lowest BCUT2D eigenvalue weighted by atomic mass is 9.93. The van der Waals surface area contributed by atoms with E-state index < -0.39 is 12.0 Å². The highest BCUT2D eigenvalue weighted by Crippen LogP contribution is 2.41. The lowest BCUT2D eigenvalue weighted by Gasteiger charge is -2.32. The molecule has 2 heterocycles. The van der Waals surface area contributed by atoms with Crippen LogP contribution in [0.15, 0.2) is 23.4 Å². The van der Waals surface area contributed by atoms with Gasteiger partial charge in [-0.3, -0.25) is 4.90 Å². The van der Waals surface area contributed by atoms with E-state index in [0.29, 0.717) is 40.6 Å². The van der Waals surface area contributed by atoms with Crippen LogP contribution in [-0.2, 0) is 9.53 Å². The number of benzene rings is 1. The highest BCUT2D eigenvalue weighted by Gasteiger charge is 2.36. The van der Waals surface area contributed by atoms with Gasteiger partial charge in [0.25, 0.3) is 0 Å². The van der Waals surface area contributed by atoms with Crippen molar-refractivity contribution in [1.29, 1.82) is 0 Å². The van der Waals surface area contributed by atoms with Gasteiger partial charge in [0, 0.05) is 23.9 Å². The van der Waals surface area contributed by atoms with Crippen LogP contribution in [0.4, 0.5) is 4.79 Å². The van der Waals surface area contributed by atoms with E-state index in [2.05, 4.69) is 15.5 Å². The zero-order chi connectivity index (χ0) is 23.1. The number of methoxy groups -OCH3 is 3. The number of rotatable bonds is 8. The number of ether oxygens (including phenoxy) is 4. The fourth-order valence-corrected chi connectivity index (χ4v) is 4.22. The van der Waals surface area contributed by atoms with Crippen molar-refractivity contribution >= 4 is 12.0 Å². The largest absolute Gasteiger partial charge is 0.496 e. The third kappa shape index (κ3) is 5.27. The number of carbonyl (C=O) groups is 2. The minimum atomic E-state index is -0.764. The van der Waals surface area contributed by atoms with E-state index in [-0.39, 0.29) is 12.6 Å². The van der Waals surface area contributed by atoms with E-state index in [1.54, 1.807) is 19.1 Å². The van der Waals surface area contributed by atoms with Gasteiger partial charge in [0.05, 0.1) is 39.6 Å². The van der Waals surface area contributed by atoms with Crippen LogP contribution < -0.4 is 24.8 Å².